The van der Waals surface area contributed by atoms with Gasteiger partial charge in [-0.2, -0.15) is 5.10 Å². The second-order valence-corrected chi connectivity index (χ2v) is 19.8. The first-order valence-electron chi connectivity index (χ1n) is 27.2. The van der Waals surface area contributed by atoms with E-state index in [4.69, 9.17) is 28.7 Å². The number of aromatic nitrogens is 4. The third-order valence-corrected chi connectivity index (χ3v) is 14.4. The quantitative estimate of drug-likeness (QED) is 0.0224. The highest BCUT2D eigenvalue weighted by molar-refractivity contribution is 6.07. The van der Waals surface area contributed by atoms with Crippen molar-refractivity contribution >= 4 is 40.9 Å². The number of carbonyl (C=O) groups is 5. The molecule has 1 unspecified atom stereocenters. The molecule has 408 valence electrons. The summed E-state index contributed by atoms with van der Waals surface area (Å²) in [5.41, 5.74) is 4.39. The molecule has 4 aliphatic heterocycles. The highest BCUT2D eigenvalue weighted by atomic mass is 16.5. The SMILES string of the molecule is O=C1CCC(N2Cc3c(NC(=O)CCCCCOCCOCCOCCCCCCOc4ccc5c(c4)[C@H](NC(=O)c4cccc(NC6(c7nc(-c8ccncc8)n[nH]7)CCNCC6)c4)CCO5)cccc3C2=O)C(=O)N1. The Morgan fingerprint density at radius 2 is 1.53 bits per heavy atom. The Morgan fingerprint density at radius 1 is 0.792 bits per heavy atom. The Balaban J connectivity index is 0.591. The number of piperidine rings is 2. The summed E-state index contributed by atoms with van der Waals surface area (Å²) in [7, 11) is 0. The van der Waals surface area contributed by atoms with Crippen molar-refractivity contribution in [3.8, 4) is 22.9 Å². The van der Waals surface area contributed by atoms with E-state index < -0.39 is 17.5 Å². The molecule has 0 bridgehead atoms. The predicted octanol–water partition coefficient (Wildman–Crippen LogP) is 6.76. The van der Waals surface area contributed by atoms with Gasteiger partial charge in [0.25, 0.3) is 11.8 Å². The predicted molar refractivity (Wildman–Crippen MR) is 286 cm³/mol. The first-order valence-corrected chi connectivity index (χ1v) is 27.2. The number of imide groups is 1. The molecule has 4 aliphatic rings. The fourth-order valence-corrected chi connectivity index (χ4v) is 10.2. The molecule has 20 heteroatoms. The van der Waals surface area contributed by atoms with E-state index in [1.165, 1.54) is 4.90 Å². The number of rotatable bonds is 28. The maximum absolute atomic E-state index is 13.8. The largest absolute Gasteiger partial charge is 0.494 e. The van der Waals surface area contributed by atoms with Crippen LogP contribution in [0, 0.1) is 0 Å². The molecule has 0 aliphatic carbocycles. The monoisotopic (exact) mass is 1050 g/mol. The topological polar surface area (TPSA) is 249 Å². The number of unbranched alkanes of at least 4 members (excludes halogenated alkanes) is 5. The zero-order valence-electron chi connectivity index (χ0n) is 43.6. The van der Waals surface area contributed by atoms with Crippen LogP contribution in [0.25, 0.3) is 11.4 Å². The lowest BCUT2D eigenvalue weighted by Gasteiger charge is -2.37. The van der Waals surface area contributed by atoms with Crippen molar-refractivity contribution < 1.29 is 47.7 Å². The molecule has 9 rings (SSSR count). The number of pyridine rings is 1. The summed E-state index contributed by atoms with van der Waals surface area (Å²) in [6.45, 7) is 6.16. The smallest absolute Gasteiger partial charge is 0.255 e. The maximum Gasteiger partial charge on any atom is 0.255 e. The van der Waals surface area contributed by atoms with Gasteiger partial charge >= 0.3 is 0 Å². The number of ether oxygens (including phenoxy) is 5. The van der Waals surface area contributed by atoms with Crippen LogP contribution < -0.4 is 36.1 Å². The van der Waals surface area contributed by atoms with Gasteiger partial charge in [0.05, 0.1) is 51.2 Å². The number of aromatic amines is 1. The van der Waals surface area contributed by atoms with Crippen LogP contribution in [0.4, 0.5) is 11.4 Å². The standard InChI is InChI=1S/C57H70N10O10/c68-50(60-46-13-9-12-43-45(46)38-67(55(43)72)48-16-18-51(69)62-54(48)71)14-4-3-6-29-74-33-35-75-34-32-73-28-5-1-2-7-30-76-42-15-17-49-44(37-42)47(21-31-77-49)61-53(70)40-10-8-11-41(36-40)64-57(22-26-59-27-23-57)56-63-52(65-66-56)39-19-24-58-25-20-39/h8-13,15,17,19-20,24-25,36-37,47-48,59,64H,1-7,14,16,18,21-23,26-35,38H2,(H,60,68)(H,61,70)(H,62,69,71)(H,63,65,66)/t47-,48?/m1/s1. The molecule has 2 atom stereocenters. The number of anilines is 2. The number of nitrogens with zero attached hydrogens (tertiary/aromatic N) is 4. The molecule has 20 nitrogen and oxygen atoms in total. The second-order valence-electron chi connectivity index (χ2n) is 19.8. The lowest BCUT2D eigenvalue weighted by molar-refractivity contribution is -0.137. The Bertz CT molecular complexity index is 2800. The minimum atomic E-state index is -0.708. The number of amides is 5. The molecule has 0 spiro atoms. The number of hydrogen-bond donors (Lipinski definition) is 6. The molecular weight excluding hydrogens is 985 g/mol. The van der Waals surface area contributed by atoms with Crippen molar-refractivity contribution in [3.63, 3.8) is 0 Å². The third kappa shape index (κ3) is 14.6. The van der Waals surface area contributed by atoms with Crippen LogP contribution in [0.15, 0.2) is 85.2 Å². The molecule has 2 aromatic heterocycles. The van der Waals surface area contributed by atoms with Gasteiger partial charge in [-0.25, -0.2) is 4.98 Å². The van der Waals surface area contributed by atoms with Crippen molar-refractivity contribution in [1.29, 1.82) is 0 Å². The summed E-state index contributed by atoms with van der Waals surface area (Å²) < 4.78 is 29.3. The maximum atomic E-state index is 13.8. The lowest BCUT2D eigenvalue weighted by atomic mass is 9.87. The number of carbonyl (C=O) groups excluding carboxylic acids is 5. The number of H-pyrrole nitrogens is 1. The van der Waals surface area contributed by atoms with Crippen LogP contribution in [0.2, 0.25) is 0 Å². The second kappa shape index (κ2) is 27.2. The third-order valence-electron chi connectivity index (χ3n) is 14.4. The van der Waals surface area contributed by atoms with E-state index in [-0.39, 0.29) is 49.1 Å². The van der Waals surface area contributed by atoms with Gasteiger partial charge in [0.15, 0.2) is 11.6 Å². The number of fused-ring (bicyclic) bond motifs is 2. The molecule has 5 aromatic rings. The van der Waals surface area contributed by atoms with Crippen LogP contribution >= 0.6 is 0 Å². The van der Waals surface area contributed by atoms with E-state index in [9.17, 15) is 24.0 Å². The molecule has 0 saturated carbocycles. The lowest BCUT2D eigenvalue weighted by Crippen LogP contribution is -2.52. The molecule has 6 heterocycles. The Morgan fingerprint density at radius 3 is 2.31 bits per heavy atom. The number of nitrogens with one attached hydrogen (secondary N) is 6. The van der Waals surface area contributed by atoms with Crippen LogP contribution in [-0.4, -0.2) is 127 Å². The van der Waals surface area contributed by atoms with Crippen LogP contribution in [0.1, 0.15) is 127 Å². The average molecular weight is 1060 g/mol. The normalized spacial score (nSPS) is 17.7. The Kier molecular flexibility index (Phi) is 19.2. The molecule has 3 aromatic carbocycles. The fraction of sp³-hybridized carbons (Fsp3) is 0.474. The van der Waals surface area contributed by atoms with Gasteiger partial charge in [-0.15, -0.1) is 0 Å². The summed E-state index contributed by atoms with van der Waals surface area (Å²) in [4.78, 5) is 74.2. The van der Waals surface area contributed by atoms with E-state index in [0.717, 1.165) is 98.6 Å². The fourth-order valence-electron chi connectivity index (χ4n) is 10.2. The van der Waals surface area contributed by atoms with Gasteiger partial charge in [-0.05, 0) is 125 Å². The van der Waals surface area contributed by atoms with Crippen LogP contribution in [0.5, 0.6) is 11.5 Å². The first-order chi connectivity index (χ1) is 37.7. The van der Waals surface area contributed by atoms with Crippen molar-refractivity contribution in [1.82, 2.24) is 41.0 Å². The van der Waals surface area contributed by atoms with Crippen molar-refractivity contribution in [2.75, 3.05) is 76.6 Å². The molecule has 6 N–H and O–H groups in total. The highest BCUT2D eigenvalue weighted by Crippen LogP contribution is 2.37. The van der Waals surface area contributed by atoms with Crippen LogP contribution in [-0.2, 0) is 40.7 Å². The minimum absolute atomic E-state index is 0.137. The van der Waals surface area contributed by atoms with Crippen molar-refractivity contribution in [3.05, 3.63) is 113 Å². The molecule has 0 radical (unpaired) electrons. The number of hydrogen-bond acceptors (Lipinski definition) is 15. The van der Waals surface area contributed by atoms with Crippen molar-refractivity contribution in [2.45, 2.75) is 108 Å². The average Bonchev–Trinajstić information content (AvgIpc) is 4.17. The van der Waals surface area contributed by atoms with E-state index in [0.29, 0.717) is 100 Å². The van der Waals surface area contributed by atoms with E-state index >= 15 is 0 Å². The summed E-state index contributed by atoms with van der Waals surface area (Å²) in [6.07, 6.45) is 12.7. The molecular formula is C57H70N10O10. The van der Waals surface area contributed by atoms with Crippen molar-refractivity contribution in [2.24, 2.45) is 0 Å². The van der Waals surface area contributed by atoms with E-state index in [2.05, 4.69) is 41.8 Å². The van der Waals surface area contributed by atoms with Gasteiger partial charge in [0, 0.05) is 90.6 Å². The zero-order chi connectivity index (χ0) is 53.2. The summed E-state index contributed by atoms with van der Waals surface area (Å²) in [5.74, 6) is 1.49. The van der Waals surface area contributed by atoms with Gasteiger partial charge in [-0.1, -0.05) is 25.0 Å². The Labute approximate surface area is 448 Å². The Hall–Kier alpha value is -7.26. The summed E-state index contributed by atoms with van der Waals surface area (Å²) >= 11 is 0. The van der Waals surface area contributed by atoms with E-state index in [1.54, 1.807) is 30.6 Å². The minimum Gasteiger partial charge on any atom is -0.494 e. The van der Waals surface area contributed by atoms with Gasteiger partial charge in [0.2, 0.25) is 17.7 Å². The van der Waals surface area contributed by atoms with Gasteiger partial charge < -0.3 is 49.9 Å². The molecule has 2 saturated heterocycles. The highest BCUT2D eigenvalue weighted by Gasteiger charge is 2.40. The van der Waals surface area contributed by atoms with Gasteiger partial charge in [0.1, 0.15) is 17.5 Å². The molecule has 5 amide bonds. The first kappa shape index (κ1) is 54.5. The van der Waals surface area contributed by atoms with Crippen LogP contribution in [0.3, 0.4) is 0 Å². The molecule has 77 heavy (non-hydrogen) atoms. The summed E-state index contributed by atoms with van der Waals surface area (Å²) in [5, 5.41) is 23.4. The van der Waals surface area contributed by atoms with Gasteiger partial charge in [-0.3, -0.25) is 39.4 Å². The van der Waals surface area contributed by atoms with E-state index in [1.807, 2.05) is 54.6 Å². The molecule has 2 fully saturated rings. The summed E-state index contributed by atoms with van der Waals surface area (Å²) in [6, 6.07) is 21.5. The number of benzene rings is 3. The zero-order valence-corrected chi connectivity index (χ0v) is 43.6.